The quantitative estimate of drug-likeness (QED) is 0.577. The van der Waals surface area contributed by atoms with Gasteiger partial charge in [-0.1, -0.05) is 60.6 Å². The highest BCUT2D eigenvalue weighted by atomic mass is 32.2. The molecule has 0 aliphatic carbocycles. The van der Waals surface area contributed by atoms with Gasteiger partial charge in [0.2, 0.25) is 5.91 Å². The Morgan fingerprint density at radius 3 is 2.50 bits per heavy atom. The van der Waals surface area contributed by atoms with Crippen LogP contribution in [-0.4, -0.2) is 39.4 Å². The Kier molecular flexibility index (Phi) is 6.45. The Labute approximate surface area is 155 Å². The summed E-state index contributed by atoms with van der Waals surface area (Å²) in [5.74, 6) is 0.658. The first-order valence-corrected chi connectivity index (χ1v) is 10.5. The fourth-order valence-corrected chi connectivity index (χ4v) is 5.03. The van der Waals surface area contributed by atoms with Crippen molar-refractivity contribution in [3.8, 4) is 5.69 Å². The summed E-state index contributed by atoms with van der Waals surface area (Å²) in [6.45, 7) is 1.79. The summed E-state index contributed by atoms with van der Waals surface area (Å²) in [6, 6.07) is 9.87. The molecule has 1 aliphatic heterocycles. The van der Waals surface area contributed by atoms with Crippen LogP contribution >= 0.6 is 35.3 Å². The van der Waals surface area contributed by atoms with E-state index in [2.05, 4.69) is 5.10 Å². The molecule has 0 spiro atoms. The molecule has 0 radical (unpaired) electrons. The van der Waals surface area contributed by atoms with Gasteiger partial charge in [-0.15, -0.1) is 5.10 Å². The second kappa shape index (κ2) is 8.78. The van der Waals surface area contributed by atoms with Crippen LogP contribution in [0.3, 0.4) is 0 Å². The van der Waals surface area contributed by atoms with E-state index in [0.717, 1.165) is 36.0 Å². The molecular formula is C17H21N3OS3. The fourth-order valence-electron chi connectivity index (χ4n) is 2.76. The first-order valence-electron chi connectivity index (χ1n) is 8.30. The number of carbonyl (C=O) groups is 1. The van der Waals surface area contributed by atoms with Crippen molar-refractivity contribution in [3.63, 3.8) is 0 Å². The average molecular weight is 380 g/mol. The number of likely N-dealkylation sites (tertiary alicyclic amines) is 1. The van der Waals surface area contributed by atoms with Crippen molar-refractivity contribution in [2.45, 2.75) is 36.4 Å². The van der Waals surface area contributed by atoms with Crippen LogP contribution in [0.4, 0.5) is 0 Å². The van der Waals surface area contributed by atoms with E-state index in [1.165, 1.54) is 42.4 Å². The lowest BCUT2D eigenvalue weighted by Gasteiger charge is -2.24. The molecule has 0 unspecified atom stereocenters. The number of benzene rings is 1. The molecule has 0 bridgehead atoms. The van der Waals surface area contributed by atoms with Gasteiger partial charge in [-0.3, -0.25) is 4.79 Å². The maximum absolute atomic E-state index is 12.4. The highest BCUT2D eigenvalue weighted by Crippen LogP contribution is 2.24. The predicted octanol–water partition coefficient (Wildman–Crippen LogP) is 4.55. The number of thioether (sulfide) groups is 1. The van der Waals surface area contributed by atoms with Crippen molar-refractivity contribution in [2.75, 3.05) is 18.8 Å². The standard InChI is InChI=1S/C17H21N3OS3/c21-15(19-11-7-2-1-3-8-12-19)13-23-16-18-20(17(22)24-16)14-9-5-4-6-10-14/h4-6,9-10H,1-3,7-8,11-13H2. The number of nitrogens with zero attached hydrogens (tertiary/aromatic N) is 3. The number of rotatable bonds is 4. The number of aromatic nitrogens is 2. The van der Waals surface area contributed by atoms with Crippen LogP contribution in [0, 0.1) is 3.95 Å². The molecule has 0 atom stereocenters. The summed E-state index contributed by atoms with van der Waals surface area (Å²) < 4.78 is 3.33. The van der Waals surface area contributed by atoms with Crippen LogP contribution < -0.4 is 0 Å². The highest BCUT2D eigenvalue weighted by Gasteiger charge is 2.16. The van der Waals surface area contributed by atoms with Crippen LogP contribution in [0.5, 0.6) is 0 Å². The second-order valence-corrected chi connectivity index (χ2v) is 8.66. The van der Waals surface area contributed by atoms with E-state index in [-0.39, 0.29) is 5.91 Å². The molecule has 1 saturated heterocycles. The SMILES string of the molecule is O=C(CSc1nn(-c2ccccc2)c(=S)s1)N1CCCCCCC1. The van der Waals surface area contributed by atoms with Crippen LogP contribution in [0.2, 0.25) is 0 Å². The number of hydrogen-bond donors (Lipinski definition) is 0. The number of para-hydroxylation sites is 1. The van der Waals surface area contributed by atoms with Crippen molar-refractivity contribution in [3.05, 3.63) is 34.3 Å². The van der Waals surface area contributed by atoms with Crippen molar-refractivity contribution < 1.29 is 4.79 Å². The van der Waals surface area contributed by atoms with Crippen LogP contribution in [0.1, 0.15) is 32.1 Å². The van der Waals surface area contributed by atoms with Crippen molar-refractivity contribution >= 4 is 41.2 Å². The van der Waals surface area contributed by atoms with Gasteiger partial charge in [-0.25, -0.2) is 4.68 Å². The van der Waals surface area contributed by atoms with E-state index < -0.39 is 0 Å². The van der Waals surface area contributed by atoms with E-state index in [1.807, 2.05) is 35.2 Å². The molecule has 0 saturated carbocycles. The van der Waals surface area contributed by atoms with E-state index in [1.54, 1.807) is 4.68 Å². The Bertz CT molecular complexity index is 718. The van der Waals surface area contributed by atoms with Crippen LogP contribution in [-0.2, 0) is 4.79 Å². The zero-order valence-electron chi connectivity index (χ0n) is 13.5. The summed E-state index contributed by atoms with van der Waals surface area (Å²) in [5.41, 5.74) is 0.959. The third kappa shape index (κ3) is 4.68. The van der Waals surface area contributed by atoms with Gasteiger partial charge in [-0.2, -0.15) is 0 Å². The zero-order valence-corrected chi connectivity index (χ0v) is 16.0. The monoisotopic (exact) mass is 379 g/mol. The van der Waals surface area contributed by atoms with E-state index in [9.17, 15) is 4.79 Å². The Morgan fingerprint density at radius 2 is 1.79 bits per heavy atom. The molecule has 1 fully saturated rings. The topological polar surface area (TPSA) is 38.1 Å². The molecule has 2 heterocycles. The van der Waals surface area contributed by atoms with Gasteiger partial charge >= 0.3 is 0 Å². The molecule has 0 N–H and O–H groups in total. The minimum Gasteiger partial charge on any atom is -0.342 e. The molecule has 1 aromatic heterocycles. The van der Waals surface area contributed by atoms with Gasteiger partial charge in [0.15, 0.2) is 8.29 Å². The molecule has 1 aliphatic rings. The van der Waals surface area contributed by atoms with Crippen molar-refractivity contribution in [1.82, 2.24) is 14.7 Å². The summed E-state index contributed by atoms with van der Waals surface area (Å²) in [4.78, 5) is 14.5. The van der Waals surface area contributed by atoms with Gasteiger partial charge in [0.1, 0.15) is 0 Å². The van der Waals surface area contributed by atoms with Gasteiger partial charge < -0.3 is 4.90 Å². The molecule has 128 valence electrons. The molecule has 3 rings (SSSR count). The molecule has 2 aromatic rings. The minimum absolute atomic E-state index is 0.217. The summed E-state index contributed by atoms with van der Waals surface area (Å²) in [5, 5.41) is 4.55. The van der Waals surface area contributed by atoms with Gasteiger partial charge in [0.25, 0.3) is 0 Å². The molecule has 24 heavy (non-hydrogen) atoms. The van der Waals surface area contributed by atoms with Crippen LogP contribution in [0.15, 0.2) is 34.7 Å². The Balaban J connectivity index is 1.60. The van der Waals surface area contributed by atoms with Crippen LogP contribution in [0.25, 0.3) is 5.69 Å². The lowest BCUT2D eigenvalue weighted by molar-refractivity contribution is -0.128. The lowest BCUT2D eigenvalue weighted by Crippen LogP contribution is -2.35. The second-order valence-electron chi connectivity index (χ2n) is 5.82. The van der Waals surface area contributed by atoms with E-state index in [4.69, 9.17) is 12.2 Å². The normalized spacial score (nSPS) is 15.8. The van der Waals surface area contributed by atoms with E-state index in [0.29, 0.717) is 9.71 Å². The maximum atomic E-state index is 12.4. The number of carbonyl (C=O) groups excluding carboxylic acids is 1. The smallest absolute Gasteiger partial charge is 0.233 e. The summed E-state index contributed by atoms with van der Waals surface area (Å²) >= 11 is 8.36. The molecular weight excluding hydrogens is 358 g/mol. The largest absolute Gasteiger partial charge is 0.342 e. The molecule has 7 heteroatoms. The third-order valence-electron chi connectivity index (χ3n) is 4.06. The minimum atomic E-state index is 0.217. The van der Waals surface area contributed by atoms with E-state index >= 15 is 0 Å². The maximum Gasteiger partial charge on any atom is 0.233 e. The summed E-state index contributed by atoms with van der Waals surface area (Å²) in [6.07, 6.45) is 6.02. The predicted molar refractivity (Wildman–Crippen MR) is 103 cm³/mol. The Hall–Kier alpha value is -1.18. The Morgan fingerprint density at radius 1 is 1.12 bits per heavy atom. The van der Waals surface area contributed by atoms with Crippen molar-refractivity contribution in [1.29, 1.82) is 0 Å². The highest BCUT2D eigenvalue weighted by molar-refractivity contribution is 8.01. The first-order chi connectivity index (χ1) is 11.7. The number of amides is 1. The van der Waals surface area contributed by atoms with Crippen molar-refractivity contribution in [2.24, 2.45) is 0 Å². The number of hydrogen-bond acceptors (Lipinski definition) is 5. The molecule has 1 aromatic carbocycles. The fraction of sp³-hybridized carbons (Fsp3) is 0.471. The first kappa shape index (κ1) is 17.6. The third-order valence-corrected chi connectivity index (χ3v) is 6.41. The lowest BCUT2D eigenvalue weighted by atomic mass is 10.1. The molecule has 1 amide bonds. The van der Waals surface area contributed by atoms with Gasteiger partial charge in [0, 0.05) is 13.1 Å². The average Bonchev–Trinajstić information content (AvgIpc) is 2.94. The molecule has 4 nitrogen and oxygen atoms in total. The van der Waals surface area contributed by atoms with Gasteiger partial charge in [-0.05, 0) is 37.2 Å². The summed E-state index contributed by atoms with van der Waals surface area (Å²) in [7, 11) is 0. The van der Waals surface area contributed by atoms with Gasteiger partial charge in [0.05, 0.1) is 11.4 Å². The zero-order chi connectivity index (χ0) is 16.8.